The number of rotatable bonds is 7. The lowest BCUT2D eigenvalue weighted by molar-refractivity contribution is -0.111. The van der Waals surface area contributed by atoms with Crippen molar-refractivity contribution in [1.82, 2.24) is 4.98 Å². The Bertz CT molecular complexity index is 1040. The van der Waals surface area contributed by atoms with Gasteiger partial charge in [0.1, 0.15) is 12.4 Å². The van der Waals surface area contributed by atoms with E-state index in [0.29, 0.717) is 6.61 Å². The van der Waals surface area contributed by atoms with Crippen LogP contribution in [-0.2, 0) is 11.4 Å². The first-order valence-electron chi connectivity index (χ1n) is 10.1. The quantitative estimate of drug-likeness (QED) is 0.529. The number of nitrogens with zero attached hydrogens (tertiary/aromatic N) is 2. The van der Waals surface area contributed by atoms with Crippen molar-refractivity contribution in [1.29, 1.82) is 0 Å². The standard InChI is InChI=1S/C24H25N3O2S/c1-18-25-21(17-30-18)16-29-23-9-4-6-19(14-23)10-11-24(28)26-20-7-5-8-22(15-20)27-12-2-3-13-27/h4-11,14-15,17H,2-3,12-13,16H2,1H3,(H,26,28). The van der Waals surface area contributed by atoms with Gasteiger partial charge in [-0.25, -0.2) is 4.98 Å². The Morgan fingerprint density at radius 1 is 1.20 bits per heavy atom. The second kappa shape index (κ2) is 9.59. The second-order valence-corrected chi connectivity index (χ2v) is 8.35. The minimum absolute atomic E-state index is 0.155. The van der Waals surface area contributed by atoms with E-state index in [-0.39, 0.29) is 5.91 Å². The molecule has 3 aromatic rings. The Morgan fingerprint density at radius 2 is 2.03 bits per heavy atom. The molecule has 2 aromatic carbocycles. The fourth-order valence-corrected chi connectivity index (χ4v) is 4.05. The number of anilines is 2. The van der Waals surface area contributed by atoms with Crippen LogP contribution in [0.2, 0.25) is 0 Å². The number of hydrogen-bond donors (Lipinski definition) is 1. The molecule has 0 unspecified atom stereocenters. The summed E-state index contributed by atoms with van der Waals surface area (Å²) in [4.78, 5) is 19.1. The lowest BCUT2D eigenvalue weighted by Crippen LogP contribution is -2.17. The van der Waals surface area contributed by atoms with Crippen molar-refractivity contribution in [3.05, 3.63) is 76.3 Å². The predicted octanol–water partition coefficient (Wildman–Crippen LogP) is 5.28. The maximum absolute atomic E-state index is 12.4. The van der Waals surface area contributed by atoms with Gasteiger partial charge in [-0.2, -0.15) is 0 Å². The maximum atomic E-state index is 12.4. The van der Waals surface area contributed by atoms with Crippen LogP contribution >= 0.6 is 11.3 Å². The molecule has 30 heavy (non-hydrogen) atoms. The van der Waals surface area contributed by atoms with Crippen molar-refractivity contribution in [2.45, 2.75) is 26.4 Å². The van der Waals surface area contributed by atoms with Crippen molar-refractivity contribution in [3.63, 3.8) is 0 Å². The molecule has 1 aromatic heterocycles. The first-order chi connectivity index (χ1) is 14.7. The third kappa shape index (κ3) is 5.48. The van der Waals surface area contributed by atoms with E-state index in [2.05, 4.69) is 21.3 Å². The summed E-state index contributed by atoms with van der Waals surface area (Å²) in [6.07, 6.45) is 5.79. The van der Waals surface area contributed by atoms with E-state index in [9.17, 15) is 4.79 Å². The van der Waals surface area contributed by atoms with Gasteiger partial charge in [-0.15, -0.1) is 11.3 Å². The Morgan fingerprint density at radius 3 is 2.83 bits per heavy atom. The van der Waals surface area contributed by atoms with Crippen LogP contribution in [0.3, 0.4) is 0 Å². The fraction of sp³-hybridized carbons (Fsp3) is 0.250. The molecule has 0 aliphatic carbocycles. The van der Waals surface area contributed by atoms with Gasteiger partial charge in [0.05, 0.1) is 10.7 Å². The van der Waals surface area contributed by atoms with Gasteiger partial charge in [0, 0.05) is 35.9 Å². The van der Waals surface area contributed by atoms with Gasteiger partial charge >= 0.3 is 0 Å². The molecule has 0 atom stereocenters. The Hall–Kier alpha value is -3.12. The number of nitrogens with one attached hydrogen (secondary N) is 1. The summed E-state index contributed by atoms with van der Waals surface area (Å²) in [6.45, 7) is 4.58. The van der Waals surface area contributed by atoms with E-state index >= 15 is 0 Å². The molecule has 2 heterocycles. The number of thiazole rings is 1. The molecule has 1 N–H and O–H groups in total. The molecule has 1 saturated heterocycles. The van der Waals surface area contributed by atoms with Gasteiger partial charge in [0.25, 0.3) is 0 Å². The number of aromatic nitrogens is 1. The molecule has 6 heteroatoms. The van der Waals surface area contributed by atoms with Crippen LogP contribution in [0.15, 0.2) is 60.0 Å². The van der Waals surface area contributed by atoms with Gasteiger partial charge in [-0.1, -0.05) is 18.2 Å². The molecule has 0 saturated carbocycles. The zero-order valence-corrected chi connectivity index (χ0v) is 17.8. The fourth-order valence-electron chi connectivity index (χ4n) is 3.45. The van der Waals surface area contributed by atoms with Crippen LogP contribution in [0.4, 0.5) is 11.4 Å². The number of carbonyl (C=O) groups is 1. The normalized spacial score (nSPS) is 13.7. The smallest absolute Gasteiger partial charge is 0.248 e. The average Bonchev–Trinajstić information content (AvgIpc) is 3.43. The summed E-state index contributed by atoms with van der Waals surface area (Å²) in [5.41, 5.74) is 3.80. The van der Waals surface area contributed by atoms with E-state index in [1.807, 2.05) is 54.8 Å². The van der Waals surface area contributed by atoms with E-state index in [4.69, 9.17) is 4.74 Å². The summed E-state index contributed by atoms with van der Waals surface area (Å²) < 4.78 is 5.82. The molecule has 1 amide bonds. The summed E-state index contributed by atoms with van der Waals surface area (Å²) in [7, 11) is 0. The van der Waals surface area contributed by atoms with Crippen LogP contribution in [0.25, 0.3) is 6.08 Å². The summed E-state index contributed by atoms with van der Waals surface area (Å²) in [5.74, 6) is 0.597. The SMILES string of the molecule is Cc1nc(COc2cccc(C=CC(=O)Nc3cccc(N4CCCC4)c3)c2)cs1. The van der Waals surface area contributed by atoms with E-state index in [0.717, 1.165) is 46.5 Å². The highest BCUT2D eigenvalue weighted by molar-refractivity contribution is 7.09. The highest BCUT2D eigenvalue weighted by atomic mass is 32.1. The van der Waals surface area contributed by atoms with Crippen molar-refractivity contribution in [3.8, 4) is 5.75 Å². The number of hydrogen-bond acceptors (Lipinski definition) is 5. The van der Waals surface area contributed by atoms with Crippen LogP contribution in [-0.4, -0.2) is 24.0 Å². The zero-order chi connectivity index (χ0) is 20.8. The summed E-state index contributed by atoms with van der Waals surface area (Å²) in [6, 6.07) is 15.7. The van der Waals surface area contributed by atoms with Crippen molar-refractivity contribution < 1.29 is 9.53 Å². The number of ether oxygens (including phenoxy) is 1. The van der Waals surface area contributed by atoms with Crippen LogP contribution < -0.4 is 15.0 Å². The van der Waals surface area contributed by atoms with Crippen molar-refractivity contribution >= 4 is 34.7 Å². The topological polar surface area (TPSA) is 54.5 Å². The molecule has 1 aliphatic heterocycles. The molecular weight excluding hydrogens is 394 g/mol. The van der Waals surface area contributed by atoms with Gasteiger partial charge in [0.2, 0.25) is 5.91 Å². The van der Waals surface area contributed by atoms with Gasteiger partial charge < -0.3 is 15.0 Å². The van der Waals surface area contributed by atoms with Crippen molar-refractivity contribution in [2.75, 3.05) is 23.3 Å². The largest absolute Gasteiger partial charge is 0.487 e. The molecule has 0 bridgehead atoms. The lowest BCUT2D eigenvalue weighted by atomic mass is 10.2. The van der Waals surface area contributed by atoms with Crippen molar-refractivity contribution in [2.24, 2.45) is 0 Å². The Balaban J connectivity index is 1.34. The molecule has 1 fully saturated rings. The molecule has 4 rings (SSSR count). The van der Waals surface area contributed by atoms with Gasteiger partial charge in [-0.05, 0) is 61.7 Å². The monoisotopic (exact) mass is 419 g/mol. The molecular formula is C24H25N3O2S. The zero-order valence-electron chi connectivity index (χ0n) is 17.0. The summed E-state index contributed by atoms with van der Waals surface area (Å²) >= 11 is 1.61. The molecule has 154 valence electrons. The third-order valence-corrected chi connectivity index (χ3v) is 5.75. The molecule has 1 aliphatic rings. The van der Waals surface area contributed by atoms with Crippen LogP contribution in [0.1, 0.15) is 29.1 Å². The maximum Gasteiger partial charge on any atom is 0.248 e. The van der Waals surface area contributed by atoms with Crippen LogP contribution in [0.5, 0.6) is 5.75 Å². The molecule has 5 nitrogen and oxygen atoms in total. The van der Waals surface area contributed by atoms with Gasteiger partial charge in [0.15, 0.2) is 0 Å². The lowest BCUT2D eigenvalue weighted by Gasteiger charge is -2.18. The number of amides is 1. The minimum Gasteiger partial charge on any atom is -0.487 e. The van der Waals surface area contributed by atoms with Crippen LogP contribution in [0, 0.1) is 6.92 Å². The molecule has 0 radical (unpaired) electrons. The Kier molecular flexibility index (Phi) is 6.44. The van der Waals surface area contributed by atoms with Gasteiger partial charge in [-0.3, -0.25) is 4.79 Å². The minimum atomic E-state index is -0.155. The number of carbonyl (C=O) groups excluding carboxylic acids is 1. The summed E-state index contributed by atoms with van der Waals surface area (Å²) in [5, 5.41) is 5.98. The first kappa shape index (κ1) is 20.2. The highest BCUT2D eigenvalue weighted by Crippen LogP contribution is 2.23. The number of benzene rings is 2. The molecule has 0 spiro atoms. The predicted molar refractivity (Wildman–Crippen MR) is 123 cm³/mol. The number of aryl methyl sites for hydroxylation is 1. The van der Waals surface area contributed by atoms with E-state index in [1.165, 1.54) is 12.8 Å². The van der Waals surface area contributed by atoms with E-state index < -0.39 is 0 Å². The highest BCUT2D eigenvalue weighted by Gasteiger charge is 2.12. The third-order valence-electron chi connectivity index (χ3n) is 4.92. The van der Waals surface area contributed by atoms with E-state index in [1.54, 1.807) is 23.5 Å². The second-order valence-electron chi connectivity index (χ2n) is 7.29. The first-order valence-corrected chi connectivity index (χ1v) is 11.0. The Labute approximate surface area is 181 Å². The average molecular weight is 420 g/mol.